The number of oxazole rings is 1. The number of hydrogen-bond acceptors (Lipinski definition) is 4. The maximum absolute atomic E-state index is 11.0. The quantitative estimate of drug-likeness (QED) is 0.661. The highest BCUT2D eigenvalue weighted by molar-refractivity contribution is 7.90. The molecule has 1 aromatic heterocycles. The van der Waals surface area contributed by atoms with Crippen molar-refractivity contribution in [2.24, 2.45) is 0 Å². The molecule has 0 saturated heterocycles. The molecular weight excluding hydrogens is 166 g/mol. The minimum Gasteiger partial charge on any atom is -0.447 e. The van der Waals surface area contributed by atoms with Crippen molar-refractivity contribution in [3.05, 3.63) is 12.2 Å². The molecule has 0 aromatic carbocycles. The van der Waals surface area contributed by atoms with Crippen molar-refractivity contribution in [2.45, 2.75) is 18.4 Å². The van der Waals surface area contributed by atoms with E-state index in [1.807, 2.05) is 6.92 Å². The summed E-state index contributed by atoms with van der Waals surface area (Å²) in [7, 11) is -3.21. The van der Waals surface area contributed by atoms with Crippen LogP contribution in [0.1, 0.15) is 12.7 Å². The van der Waals surface area contributed by atoms with Crippen molar-refractivity contribution in [1.82, 2.24) is 4.98 Å². The lowest BCUT2D eigenvalue weighted by Gasteiger charge is -1.92. The topological polar surface area (TPSA) is 60.2 Å². The lowest BCUT2D eigenvalue weighted by atomic mass is 10.4. The van der Waals surface area contributed by atoms with E-state index in [4.69, 9.17) is 4.42 Å². The average molecular weight is 175 g/mol. The van der Waals surface area contributed by atoms with E-state index in [1.165, 1.54) is 0 Å². The van der Waals surface area contributed by atoms with Crippen LogP contribution in [0, 0.1) is 0 Å². The van der Waals surface area contributed by atoms with E-state index in [-0.39, 0.29) is 5.03 Å². The fraction of sp³-hybridized carbons (Fsp3) is 0.500. The third kappa shape index (κ3) is 1.59. The van der Waals surface area contributed by atoms with Gasteiger partial charge in [0.2, 0.25) is 0 Å². The number of sulfone groups is 1. The normalized spacial score (nSPS) is 11.8. The predicted molar refractivity (Wildman–Crippen MR) is 39.0 cm³/mol. The van der Waals surface area contributed by atoms with Crippen molar-refractivity contribution < 1.29 is 12.8 Å². The molecule has 1 heterocycles. The largest absolute Gasteiger partial charge is 0.447 e. The zero-order chi connectivity index (χ0) is 8.48. The van der Waals surface area contributed by atoms with Crippen LogP contribution in [0.4, 0.5) is 0 Å². The van der Waals surface area contributed by atoms with Crippen LogP contribution in [0.3, 0.4) is 0 Å². The molecule has 0 radical (unpaired) electrons. The van der Waals surface area contributed by atoms with Gasteiger partial charge in [0.1, 0.15) is 5.76 Å². The molecule has 0 aliphatic carbocycles. The van der Waals surface area contributed by atoms with Crippen molar-refractivity contribution >= 4 is 9.84 Å². The van der Waals surface area contributed by atoms with Gasteiger partial charge in [0.15, 0.2) is 21.3 Å². The van der Waals surface area contributed by atoms with Crippen LogP contribution in [0.5, 0.6) is 0 Å². The van der Waals surface area contributed by atoms with Gasteiger partial charge in [-0.15, -0.1) is 0 Å². The number of nitrogens with zero attached hydrogens (tertiary/aromatic N) is 1. The van der Waals surface area contributed by atoms with Crippen LogP contribution in [0.15, 0.2) is 15.8 Å². The second-order valence-electron chi connectivity index (χ2n) is 2.21. The Bertz CT molecular complexity index is 338. The van der Waals surface area contributed by atoms with Crippen LogP contribution < -0.4 is 0 Å². The van der Waals surface area contributed by atoms with Gasteiger partial charge in [-0.3, -0.25) is 0 Å². The summed E-state index contributed by atoms with van der Waals surface area (Å²) in [5, 5.41) is 0.0556. The summed E-state index contributed by atoms with van der Waals surface area (Å²) in [4.78, 5) is 3.60. The van der Waals surface area contributed by atoms with Gasteiger partial charge in [-0.05, 0) is 0 Å². The fourth-order valence-electron chi connectivity index (χ4n) is 0.797. The first-order valence-electron chi connectivity index (χ1n) is 3.18. The lowest BCUT2D eigenvalue weighted by molar-refractivity contribution is 0.502. The van der Waals surface area contributed by atoms with Crippen LogP contribution in [0.2, 0.25) is 0 Å². The Kier molecular flexibility index (Phi) is 1.99. The SMILES string of the molecule is CCc1ocnc1S(C)(=O)=O. The van der Waals surface area contributed by atoms with Gasteiger partial charge < -0.3 is 4.42 Å². The molecule has 0 amide bonds. The molecule has 11 heavy (non-hydrogen) atoms. The maximum Gasteiger partial charge on any atom is 0.196 e. The molecule has 1 rings (SSSR count). The number of hydrogen-bond donors (Lipinski definition) is 0. The summed E-state index contributed by atoms with van der Waals surface area (Å²) in [6, 6.07) is 0. The summed E-state index contributed by atoms with van der Waals surface area (Å²) in [5.74, 6) is 0.424. The number of rotatable bonds is 2. The number of aryl methyl sites for hydroxylation is 1. The first-order chi connectivity index (χ1) is 5.05. The minimum absolute atomic E-state index is 0.0556. The summed E-state index contributed by atoms with van der Waals surface area (Å²) in [5.41, 5.74) is 0. The fourth-order valence-corrected chi connectivity index (χ4v) is 1.64. The highest BCUT2D eigenvalue weighted by Gasteiger charge is 2.16. The van der Waals surface area contributed by atoms with E-state index in [2.05, 4.69) is 4.98 Å². The third-order valence-electron chi connectivity index (χ3n) is 1.28. The van der Waals surface area contributed by atoms with Crippen molar-refractivity contribution in [3.8, 4) is 0 Å². The molecule has 0 aliphatic rings. The Labute approximate surface area is 65.2 Å². The van der Waals surface area contributed by atoms with Gasteiger partial charge in [0.25, 0.3) is 0 Å². The van der Waals surface area contributed by atoms with E-state index in [1.54, 1.807) is 0 Å². The highest BCUT2D eigenvalue weighted by atomic mass is 32.2. The Hall–Kier alpha value is -0.840. The highest BCUT2D eigenvalue weighted by Crippen LogP contribution is 2.12. The van der Waals surface area contributed by atoms with Gasteiger partial charge in [-0.2, -0.15) is 0 Å². The molecule has 0 aliphatic heterocycles. The summed E-state index contributed by atoms with van der Waals surface area (Å²) >= 11 is 0. The molecule has 0 fully saturated rings. The Morgan fingerprint density at radius 2 is 2.27 bits per heavy atom. The molecular formula is C6H9NO3S. The van der Waals surface area contributed by atoms with Crippen LogP contribution >= 0.6 is 0 Å². The van der Waals surface area contributed by atoms with Gasteiger partial charge in [-0.1, -0.05) is 6.92 Å². The van der Waals surface area contributed by atoms with E-state index in [0.29, 0.717) is 12.2 Å². The second-order valence-corrected chi connectivity index (χ2v) is 4.14. The molecule has 0 unspecified atom stereocenters. The molecule has 5 heteroatoms. The van der Waals surface area contributed by atoms with E-state index in [0.717, 1.165) is 12.6 Å². The van der Waals surface area contributed by atoms with Crippen LogP contribution in [-0.4, -0.2) is 19.7 Å². The Morgan fingerprint density at radius 1 is 1.64 bits per heavy atom. The van der Waals surface area contributed by atoms with E-state index in [9.17, 15) is 8.42 Å². The Balaban J connectivity index is 3.24. The van der Waals surface area contributed by atoms with Gasteiger partial charge in [0, 0.05) is 12.7 Å². The second kappa shape index (κ2) is 2.65. The third-order valence-corrected chi connectivity index (χ3v) is 2.31. The predicted octanol–water partition coefficient (Wildman–Crippen LogP) is 0.641. The smallest absolute Gasteiger partial charge is 0.196 e. The standard InChI is InChI=1S/C6H9NO3S/c1-3-5-6(7-4-10-5)11(2,8)9/h4H,3H2,1-2H3. The number of aromatic nitrogens is 1. The summed E-state index contributed by atoms with van der Waals surface area (Å²) in [6.07, 6.45) is 2.81. The van der Waals surface area contributed by atoms with Gasteiger partial charge in [0.05, 0.1) is 0 Å². The minimum atomic E-state index is -3.21. The van der Waals surface area contributed by atoms with E-state index >= 15 is 0 Å². The van der Waals surface area contributed by atoms with Crippen molar-refractivity contribution in [2.75, 3.05) is 6.26 Å². The first-order valence-corrected chi connectivity index (χ1v) is 5.07. The lowest BCUT2D eigenvalue weighted by Crippen LogP contribution is -2.00. The zero-order valence-corrected chi connectivity index (χ0v) is 7.18. The summed E-state index contributed by atoms with van der Waals surface area (Å²) in [6.45, 7) is 1.81. The average Bonchev–Trinajstić information content (AvgIpc) is 2.31. The van der Waals surface area contributed by atoms with Crippen LogP contribution in [-0.2, 0) is 16.3 Å². The molecule has 0 spiro atoms. The van der Waals surface area contributed by atoms with Crippen LogP contribution in [0.25, 0.3) is 0 Å². The van der Waals surface area contributed by atoms with Crippen molar-refractivity contribution in [3.63, 3.8) is 0 Å². The molecule has 0 saturated carbocycles. The Morgan fingerprint density at radius 3 is 2.64 bits per heavy atom. The first kappa shape index (κ1) is 8.26. The monoisotopic (exact) mass is 175 g/mol. The van der Waals surface area contributed by atoms with Gasteiger partial charge in [-0.25, -0.2) is 13.4 Å². The maximum atomic E-state index is 11.0. The molecule has 4 nitrogen and oxygen atoms in total. The molecule has 0 N–H and O–H groups in total. The molecule has 1 aromatic rings. The zero-order valence-electron chi connectivity index (χ0n) is 6.36. The molecule has 0 bridgehead atoms. The van der Waals surface area contributed by atoms with Gasteiger partial charge >= 0.3 is 0 Å². The summed E-state index contributed by atoms with van der Waals surface area (Å²) < 4.78 is 26.8. The van der Waals surface area contributed by atoms with E-state index < -0.39 is 9.84 Å². The van der Waals surface area contributed by atoms with Crippen molar-refractivity contribution in [1.29, 1.82) is 0 Å². The molecule has 0 atom stereocenters. The molecule has 62 valence electrons.